The third kappa shape index (κ3) is 3.30. The highest BCUT2D eigenvalue weighted by Gasteiger charge is 2.15. The highest BCUT2D eigenvalue weighted by atomic mass is 35.5. The van der Waals surface area contributed by atoms with Gasteiger partial charge in [-0.2, -0.15) is 0 Å². The number of pyridine rings is 1. The molecule has 1 unspecified atom stereocenters. The van der Waals surface area contributed by atoms with Crippen LogP contribution in [-0.2, 0) is 0 Å². The van der Waals surface area contributed by atoms with Crippen LogP contribution in [0.15, 0.2) is 36.7 Å². The average molecular weight is 292 g/mol. The van der Waals surface area contributed by atoms with Crippen molar-refractivity contribution in [3.05, 3.63) is 58.4 Å². The number of hydrogen-bond acceptors (Lipinski definition) is 3. The van der Waals surface area contributed by atoms with Gasteiger partial charge in [0.25, 0.3) is 0 Å². The Morgan fingerprint density at radius 2 is 2.00 bits per heavy atom. The molecule has 3 nitrogen and oxygen atoms in total. The molecule has 20 heavy (non-hydrogen) atoms. The van der Waals surface area contributed by atoms with Crippen LogP contribution >= 0.6 is 11.6 Å². The normalized spacial score (nSPS) is 12.5. The van der Waals surface area contributed by atoms with Gasteiger partial charge in [0.1, 0.15) is 11.9 Å². The topological polar surface area (TPSA) is 42.4 Å². The lowest BCUT2D eigenvalue weighted by atomic mass is 9.98. The average Bonchev–Trinajstić information content (AvgIpc) is 2.41. The van der Waals surface area contributed by atoms with Gasteiger partial charge >= 0.3 is 0 Å². The number of aliphatic hydroxyl groups excluding tert-OH is 1. The van der Waals surface area contributed by atoms with E-state index in [4.69, 9.17) is 16.3 Å². The van der Waals surface area contributed by atoms with Gasteiger partial charge in [-0.1, -0.05) is 23.7 Å². The molecule has 1 N–H and O–H groups in total. The fourth-order valence-corrected chi connectivity index (χ4v) is 2.20. The predicted molar refractivity (Wildman–Crippen MR) is 80.3 cm³/mol. The molecule has 0 aliphatic carbocycles. The van der Waals surface area contributed by atoms with Gasteiger partial charge in [-0.3, -0.25) is 4.98 Å². The molecule has 4 heteroatoms. The molecule has 0 amide bonds. The van der Waals surface area contributed by atoms with Gasteiger partial charge < -0.3 is 9.84 Å². The van der Waals surface area contributed by atoms with E-state index in [9.17, 15) is 5.11 Å². The van der Waals surface area contributed by atoms with Crippen LogP contribution in [-0.4, -0.2) is 16.2 Å². The van der Waals surface area contributed by atoms with Crippen LogP contribution in [0, 0.1) is 6.92 Å². The largest absolute Gasteiger partial charge is 0.489 e. The molecule has 0 spiro atoms. The van der Waals surface area contributed by atoms with Gasteiger partial charge in [0.05, 0.1) is 12.3 Å². The Balaban J connectivity index is 2.33. The van der Waals surface area contributed by atoms with E-state index in [1.54, 1.807) is 18.5 Å². The molecule has 1 heterocycles. The highest BCUT2D eigenvalue weighted by molar-refractivity contribution is 6.31. The van der Waals surface area contributed by atoms with Gasteiger partial charge in [-0.05, 0) is 44.0 Å². The molecule has 106 valence electrons. The fraction of sp³-hybridized carbons (Fsp3) is 0.312. The van der Waals surface area contributed by atoms with Crippen molar-refractivity contribution in [1.29, 1.82) is 0 Å². The molecule has 1 aromatic heterocycles. The first-order valence-electron chi connectivity index (χ1n) is 6.53. The molecular weight excluding hydrogens is 274 g/mol. The summed E-state index contributed by atoms with van der Waals surface area (Å²) in [7, 11) is 0. The Morgan fingerprint density at radius 1 is 1.25 bits per heavy atom. The number of rotatable bonds is 4. The first-order chi connectivity index (χ1) is 9.49. The van der Waals surface area contributed by atoms with E-state index in [1.165, 1.54) is 0 Å². The molecule has 1 aromatic carbocycles. The molecule has 2 aromatic rings. The van der Waals surface area contributed by atoms with Crippen LogP contribution in [0.5, 0.6) is 5.75 Å². The van der Waals surface area contributed by atoms with Crippen LogP contribution in [0.25, 0.3) is 0 Å². The second-order valence-corrected chi connectivity index (χ2v) is 5.38. The zero-order valence-corrected chi connectivity index (χ0v) is 12.6. The second kappa shape index (κ2) is 6.25. The Hall–Kier alpha value is -1.58. The standard InChI is InChI=1S/C16H18ClNO2/c1-10(2)20-13-7-12(8-18-9-13)16(19)14-5-4-6-15(17)11(14)3/h4-10,16,19H,1-3H3. The van der Waals surface area contributed by atoms with Gasteiger partial charge in [0.15, 0.2) is 0 Å². The van der Waals surface area contributed by atoms with E-state index in [-0.39, 0.29) is 6.10 Å². The summed E-state index contributed by atoms with van der Waals surface area (Å²) in [5.74, 6) is 0.649. The summed E-state index contributed by atoms with van der Waals surface area (Å²) >= 11 is 6.09. The maximum absolute atomic E-state index is 10.5. The molecule has 0 saturated heterocycles. The molecule has 0 aliphatic rings. The van der Waals surface area contributed by atoms with Crippen molar-refractivity contribution >= 4 is 11.6 Å². The van der Waals surface area contributed by atoms with E-state index >= 15 is 0 Å². The third-order valence-electron chi connectivity index (χ3n) is 3.03. The van der Waals surface area contributed by atoms with Gasteiger partial charge in [-0.15, -0.1) is 0 Å². The fourth-order valence-electron chi connectivity index (χ4n) is 2.02. The minimum atomic E-state index is -0.767. The van der Waals surface area contributed by atoms with Crippen molar-refractivity contribution in [2.24, 2.45) is 0 Å². The van der Waals surface area contributed by atoms with Crippen molar-refractivity contribution in [3.63, 3.8) is 0 Å². The van der Waals surface area contributed by atoms with Crippen LogP contribution < -0.4 is 4.74 Å². The zero-order chi connectivity index (χ0) is 14.7. The monoisotopic (exact) mass is 291 g/mol. The minimum Gasteiger partial charge on any atom is -0.489 e. The SMILES string of the molecule is Cc1c(Cl)cccc1C(O)c1cncc(OC(C)C)c1. The summed E-state index contributed by atoms with van der Waals surface area (Å²) in [6.07, 6.45) is 2.58. The molecule has 1 atom stereocenters. The van der Waals surface area contributed by atoms with E-state index in [0.717, 1.165) is 11.1 Å². The molecule has 0 saturated carbocycles. The first-order valence-corrected chi connectivity index (χ1v) is 6.91. The summed E-state index contributed by atoms with van der Waals surface area (Å²) < 4.78 is 5.60. The Kier molecular flexibility index (Phi) is 4.63. The summed E-state index contributed by atoms with van der Waals surface area (Å²) in [5, 5.41) is 11.1. The number of ether oxygens (including phenoxy) is 1. The first kappa shape index (κ1) is 14.8. The number of nitrogens with zero attached hydrogens (tertiary/aromatic N) is 1. The molecule has 0 radical (unpaired) electrons. The molecule has 2 rings (SSSR count). The van der Waals surface area contributed by atoms with Gasteiger partial charge in [0, 0.05) is 16.8 Å². The summed E-state index contributed by atoms with van der Waals surface area (Å²) in [6.45, 7) is 5.79. The zero-order valence-electron chi connectivity index (χ0n) is 11.8. The minimum absolute atomic E-state index is 0.0668. The maximum atomic E-state index is 10.5. The Labute approximate surface area is 124 Å². The van der Waals surface area contributed by atoms with Gasteiger partial charge in [-0.25, -0.2) is 0 Å². The molecule has 0 aliphatic heterocycles. The lowest BCUT2D eigenvalue weighted by Crippen LogP contribution is -2.08. The quantitative estimate of drug-likeness (QED) is 0.928. The summed E-state index contributed by atoms with van der Waals surface area (Å²) in [6, 6.07) is 7.30. The Bertz CT molecular complexity index is 599. The second-order valence-electron chi connectivity index (χ2n) is 4.98. The van der Waals surface area contributed by atoms with Crippen molar-refractivity contribution < 1.29 is 9.84 Å². The molecular formula is C16H18ClNO2. The highest BCUT2D eigenvalue weighted by Crippen LogP contribution is 2.29. The van der Waals surface area contributed by atoms with Crippen molar-refractivity contribution in [1.82, 2.24) is 4.98 Å². The Morgan fingerprint density at radius 3 is 2.70 bits per heavy atom. The summed E-state index contributed by atoms with van der Waals surface area (Å²) in [4.78, 5) is 4.12. The van der Waals surface area contributed by atoms with Crippen molar-refractivity contribution in [2.45, 2.75) is 33.0 Å². The third-order valence-corrected chi connectivity index (χ3v) is 3.44. The van der Waals surface area contributed by atoms with Crippen LogP contribution in [0.2, 0.25) is 5.02 Å². The predicted octanol–water partition coefficient (Wildman–Crippen LogP) is 3.91. The summed E-state index contributed by atoms with van der Waals surface area (Å²) in [5.41, 5.74) is 2.34. The van der Waals surface area contributed by atoms with Gasteiger partial charge in [0.2, 0.25) is 0 Å². The lowest BCUT2D eigenvalue weighted by molar-refractivity contribution is 0.215. The van der Waals surface area contributed by atoms with E-state index in [1.807, 2.05) is 39.0 Å². The number of aromatic nitrogens is 1. The molecule has 0 bridgehead atoms. The van der Waals surface area contributed by atoms with E-state index < -0.39 is 6.10 Å². The number of benzene rings is 1. The number of hydrogen-bond donors (Lipinski definition) is 1. The maximum Gasteiger partial charge on any atom is 0.138 e. The smallest absolute Gasteiger partial charge is 0.138 e. The number of halogens is 1. The van der Waals surface area contributed by atoms with Crippen molar-refractivity contribution in [3.8, 4) is 5.75 Å². The van der Waals surface area contributed by atoms with E-state index in [2.05, 4.69) is 4.98 Å². The van der Waals surface area contributed by atoms with Crippen LogP contribution in [0.4, 0.5) is 0 Å². The van der Waals surface area contributed by atoms with Crippen LogP contribution in [0.3, 0.4) is 0 Å². The van der Waals surface area contributed by atoms with Crippen molar-refractivity contribution in [2.75, 3.05) is 0 Å². The number of aliphatic hydroxyl groups is 1. The van der Waals surface area contributed by atoms with E-state index in [0.29, 0.717) is 16.3 Å². The molecule has 0 fully saturated rings. The lowest BCUT2D eigenvalue weighted by Gasteiger charge is -2.16. The van der Waals surface area contributed by atoms with Crippen LogP contribution in [0.1, 0.15) is 36.6 Å².